The molecule has 1 atom stereocenters. The Hall–Kier alpha value is -1.18. The lowest BCUT2D eigenvalue weighted by atomic mass is 10.1. The van der Waals surface area contributed by atoms with E-state index in [9.17, 15) is 4.79 Å². The third kappa shape index (κ3) is 4.83. The second-order valence-corrected chi connectivity index (χ2v) is 10.3. The molecule has 0 radical (unpaired) electrons. The minimum Gasteiger partial charge on any atom is -0.487 e. The number of hydrogen-bond donors (Lipinski definition) is 0. The van der Waals surface area contributed by atoms with Crippen molar-refractivity contribution < 1.29 is 9.53 Å². The SMILES string of the molecule is O=C1CS[C@@H](c2cc(Br)c(OCc3ccc(Cl)cc3)c(Br)c2)N1c1ccc(Cl)cc1. The predicted molar refractivity (Wildman–Crippen MR) is 132 cm³/mol. The Kier molecular flexibility index (Phi) is 7.00. The standard InChI is InChI=1S/C22H15Br2Cl2NO2S/c23-18-9-14(10-19(24)21(18)29-11-13-1-3-15(25)4-2-13)22-27(20(28)12-30-22)17-7-5-16(26)6-8-17/h1-10,22H,11-12H2/t22-/m0/s1. The fourth-order valence-corrected chi connectivity index (χ4v) is 6.01. The topological polar surface area (TPSA) is 29.5 Å². The molecule has 0 saturated carbocycles. The third-order valence-electron chi connectivity index (χ3n) is 4.57. The van der Waals surface area contributed by atoms with E-state index in [0.29, 0.717) is 28.2 Å². The second kappa shape index (κ2) is 9.53. The van der Waals surface area contributed by atoms with E-state index in [2.05, 4.69) is 31.9 Å². The minimum atomic E-state index is -0.128. The van der Waals surface area contributed by atoms with E-state index < -0.39 is 0 Å². The molecule has 1 aliphatic rings. The summed E-state index contributed by atoms with van der Waals surface area (Å²) in [5, 5.41) is 1.21. The quantitative estimate of drug-likeness (QED) is 0.304. The highest BCUT2D eigenvalue weighted by Gasteiger charge is 2.34. The lowest BCUT2D eigenvalue weighted by molar-refractivity contribution is -0.115. The van der Waals surface area contributed by atoms with Crippen molar-refractivity contribution in [2.24, 2.45) is 0 Å². The van der Waals surface area contributed by atoms with Gasteiger partial charge in [0, 0.05) is 15.7 Å². The number of carbonyl (C=O) groups excluding carboxylic acids is 1. The summed E-state index contributed by atoms with van der Waals surface area (Å²) in [7, 11) is 0. The Balaban J connectivity index is 1.58. The molecule has 30 heavy (non-hydrogen) atoms. The largest absolute Gasteiger partial charge is 0.487 e. The number of ether oxygens (including phenoxy) is 1. The van der Waals surface area contributed by atoms with Gasteiger partial charge >= 0.3 is 0 Å². The number of halogens is 4. The second-order valence-electron chi connectivity index (χ2n) is 6.63. The molecule has 0 N–H and O–H groups in total. The number of rotatable bonds is 5. The summed E-state index contributed by atoms with van der Waals surface area (Å²) in [6, 6.07) is 18.9. The average Bonchev–Trinajstić information content (AvgIpc) is 3.11. The van der Waals surface area contributed by atoms with Crippen molar-refractivity contribution in [2.45, 2.75) is 12.0 Å². The number of anilines is 1. The first-order valence-electron chi connectivity index (χ1n) is 8.98. The van der Waals surface area contributed by atoms with Crippen molar-refractivity contribution in [1.29, 1.82) is 0 Å². The Bertz CT molecular complexity index is 1050. The van der Waals surface area contributed by atoms with Gasteiger partial charge in [0.2, 0.25) is 5.91 Å². The Morgan fingerprint density at radius 3 is 2.13 bits per heavy atom. The van der Waals surface area contributed by atoms with E-state index in [-0.39, 0.29) is 11.3 Å². The molecule has 1 fully saturated rings. The highest BCUT2D eigenvalue weighted by molar-refractivity contribution is 9.11. The maximum Gasteiger partial charge on any atom is 0.238 e. The monoisotopic (exact) mass is 585 g/mol. The van der Waals surface area contributed by atoms with Gasteiger partial charge in [-0.25, -0.2) is 0 Å². The molecule has 1 heterocycles. The maximum absolute atomic E-state index is 12.6. The summed E-state index contributed by atoms with van der Waals surface area (Å²) >= 11 is 20.8. The lowest BCUT2D eigenvalue weighted by Gasteiger charge is -2.25. The normalized spacial score (nSPS) is 16.2. The van der Waals surface area contributed by atoms with E-state index in [1.54, 1.807) is 23.9 Å². The van der Waals surface area contributed by atoms with Crippen LogP contribution in [0.25, 0.3) is 0 Å². The van der Waals surface area contributed by atoms with Gasteiger partial charge in [0.1, 0.15) is 17.7 Å². The van der Waals surface area contributed by atoms with E-state index in [1.165, 1.54) is 0 Å². The minimum absolute atomic E-state index is 0.0719. The van der Waals surface area contributed by atoms with Crippen molar-refractivity contribution >= 4 is 78.4 Å². The van der Waals surface area contributed by atoms with Crippen LogP contribution >= 0.6 is 66.8 Å². The Morgan fingerprint density at radius 1 is 0.967 bits per heavy atom. The van der Waals surface area contributed by atoms with Crippen LogP contribution in [0.2, 0.25) is 10.0 Å². The molecule has 1 saturated heterocycles. The number of benzene rings is 3. The summed E-state index contributed by atoms with van der Waals surface area (Å²) in [5.74, 6) is 1.21. The predicted octanol–water partition coefficient (Wildman–Crippen LogP) is 7.88. The molecule has 1 amide bonds. The number of amides is 1. The molecule has 3 nitrogen and oxygen atoms in total. The van der Waals surface area contributed by atoms with Crippen LogP contribution < -0.4 is 9.64 Å². The molecule has 1 aliphatic heterocycles. The number of carbonyl (C=O) groups is 1. The van der Waals surface area contributed by atoms with E-state index in [1.807, 2.05) is 53.4 Å². The first-order valence-corrected chi connectivity index (χ1v) is 12.4. The van der Waals surface area contributed by atoms with Crippen LogP contribution in [0.3, 0.4) is 0 Å². The zero-order valence-corrected chi connectivity index (χ0v) is 20.9. The number of thioether (sulfide) groups is 1. The molecular weight excluding hydrogens is 573 g/mol. The fourth-order valence-electron chi connectivity index (χ4n) is 3.15. The summed E-state index contributed by atoms with van der Waals surface area (Å²) < 4.78 is 7.65. The molecule has 0 aromatic heterocycles. The Labute approximate surface area is 205 Å². The van der Waals surface area contributed by atoms with Gasteiger partial charge in [0.15, 0.2) is 0 Å². The van der Waals surface area contributed by atoms with E-state index >= 15 is 0 Å². The van der Waals surface area contributed by atoms with Gasteiger partial charge in [-0.1, -0.05) is 35.3 Å². The van der Waals surface area contributed by atoms with Crippen LogP contribution in [0.5, 0.6) is 5.75 Å². The first-order chi connectivity index (χ1) is 14.4. The molecular formula is C22H15Br2Cl2NO2S. The van der Waals surface area contributed by atoms with Gasteiger partial charge in [-0.2, -0.15) is 0 Å². The van der Waals surface area contributed by atoms with E-state index in [0.717, 1.165) is 25.8 Å². The summed E-state index contributed by atoms with van der Waals surface area (Å²) in [6.45, 7) is 0.418. The molecule has 0 spiro atoms. The molecule has 8 heteroatoms. The molecule has 4 rings (SSSR count). The summed E-state index contributed by atoms with van der Waals surface area (Å²) in [5.41, 5.74) is 2.85. The van der Waals surface area contributed by atoms with E-state index in [4.69, 9.17) is 27.9 Å². The van der Waals surface area contributed by atoms with Crippen LogP contribution in [0.4, 0.5) is 5.69 Å². The van der Waals surface area contributed by atoms with Gasteiger partial charge in [0.25, 0.3) is 0 Å². The molecule has 0 aliphatic carbocycles. The van der Waals surface area contributed by atoms with Crippen LogP contribution in [0.15, 0.2) is 69.6 Å². The molecule has 3 aromatic carbocycles. The van der Waals surface area contributed by atoms with Crippen LogP contribution in [0, 0.1) is 0 Å². The zero-order valence-electron chi connectivity index (χ0n) is 15.4. The molecule has 0 bridgehead atoms. The van der Waals surface area contributed by atoms with Gasteiger partial charge in [-0.3, -0.25) is 9.69 Å². The van der Waals surface area contributed by atoms with Crippen LogP contribution in [-0.4, -0.2) is 11.7 Å². The molecule has 0 unspecified atom stereocenters. The third-order valence-corrected chi connectivity index (χ3v) is 7.47. The van der Waals surface area contributed by atoms with Crippen molar-refractivity contribution in [3.63, 3.8) is 0 Å². The highest BCUT2D eigenvalue weighted by atomic mass is 79.9. The molecule has 154 valence electrons. The highest BCUT2D eigenvalue weighted by Crippen LogP contribution is 2.45. The summed E-state index contributed by atoms with van der Waals surface area (Å²) in [6.07, 6.45) is 0. The number of hydrogen-bond acceptors (Lipinski definition) is 3. The van der Waals surface area contributed by atoms with Gasteiger partial charge < -0.3 is 4.74 Å². The van der Waals surface area contributed by atoms with Gasteiger partial charge in [0.05, 0.1) is 14.7 Å². The van der Waals surface area contributed by atoms with Crippen LogP contribution in [-0.2, 0) is 11.4 Å². The Morgan fingerprint density at radius 2 is 1.53 bits per heavy atom. The van der Waals surface area contributed by atoms with Crippen molar-refractivity contribution in [3.05, 3.63) is 90.8 Å². The van der Waals surface area contributed by atoms with Crippen molar-refractivity contribution in [1.82, 2.24) is 0 Å². The smallest absolute Gasteiger partial charge is 0.238 e. The number of nitrogens with zero attached hydrogens (tertiary/aromatic N) is 1. The summed E-state index contributed by atoms with van der Waals surface area (Å²) in [4.78, 5) is 14.4. The van der Waals surface area contributed by atoms with Gasteiger partial charge in [-0.15, -0.1) is 11.8 Å². The first kappa shape index (κ1) is 22.0. The van der Waals surface area contributed by atoms with Crippen LogP contribution in [0.1, 0.15) is 16.5 Å². The van der Waals surface area contributed by atoms with Gasteiger partial charge in [-0.05, 0) is 91.5 Å². The zero-order chi connectivity index (χ0) is 21.3. The molecule has 3 aromatic rings. The van der Waals surface area contributed by atoms with Crippen molar-refractivity contribution in [3.8, 4) is 5.75 Å². The average molecular weight is 588 g/mol. The fraction of sp³-hybridized carbons (Fsp3) is 0.136. The maximum atomic E-state index is 12.6. The lowest BCUT2D eigenvalue weighted by Crippen LogP contribution is -2.27. The van der Waals surface area contributed by atoms with Crippen molar-refractivity contribution in [2.75, 3.05) is 10.7 Å².